The van der Waals surface area contributed by atoms with Crippen LogP contribution >= 0.6 is 0 Å². The molecule has 0 amide bonds. The Kier molecular flexibility index (Phi) is 12.0. The summed E-state index contributed by atoms with van der Waals surface area (Å²) in [7, 11) is 0. The third kappa shape index (κ3) is 7.62. The molecule has 0 aromatic heterocycles. The van der Waals surface area contributed by atoms with E-state index in [4.69, 9.17) is 0 Å². The summed E-state index contributed by atoms with van der Waals surface area (Å²) in [6.07, 6.45) is 18.8. The maximum absolute atomic E-state index is 4.03. The summed E-state index contributed by atoms with van der Waals surface area (Å²) in [6.45, 7) is 23.4. The molecule has 4 aromatic carbocycles. The number of hydrogen-bond acceptors (Lipinski definition) is 0. The first-order valence-corrected chi connectivity index (χ1v) is 40.0. The fourth-order valence-corrected chi connectivity index (χ4v) is 63.8. The number of aryl methyl sites for hydroxylation is 2. The first kappa shape index (κ1) is 41.1. The van der Waals surface area contributed by atoms with Crippen molar-refractivity contribution in [1.82, 2.24) is 0 Å². The Morgan fingerprint density at radius 3 is 1.30 bits per heavy atom. The Labute approximate surface area is 331 Å². The van der Waals surface area contributed by atoms with E-state index in [9.17, 15) is 0 Å². The van der Waals surface area contributed by atoms with Gasteiger partial charge < -0.3 is 0 Å². The van der Waals surface area contributed by atoms with Crippen molar-refractivity contribution in [2.75, 3.05) is 0 Å². The van der Waals surface area contributed by atoms with E-state index in [2.05, 4.69) is 176 Å². The van der Waals surface area contributed by atoms with E-state index in [1.165, 1.54) is 106 Å². The first-order valence-electron chi connectivity index (χ1n) is 21.4. The van der Waals surface area contributed by atoms with Crippen LogP contribution in [0.25, 0.3) is 34.4 Å². The molecule has 0 spiro atoms. The molecule has 0 N–H and O–H groups in total. The normalized spacial score (nSPS) is 16.9. The number of benzene rings is 4. The Morgan fingerprint density at radius 2 is 0.944 bits per heavy atom. The number of unbranched alkanes of at least 4 members (excludes halogenated alkanes) is 4. The molecule has 6 rings (SSSR count). The fourth-order valence-electron chi connectivity index (χ4n) is 10.3. The predicted octanol–water partition coefficient (Wildman–Crippen LogP) is 16.2. The van der Waals surface area contributed by atoms with Crippen molar-refractivity contribution in [3.8, 4) is 22.3 Å². The van der Waals surface area contributed by atoms with E-state index in [1.807, 2.05) is 0 Å². The van der Waals surface area contributed by atoms with Crippen LogP contribution in [0.2, 0.25) is 21.4 Å². The predicted molar refractivity (Wildman–Crippen MR) is 240 cm³/mol. The summed E-state index contributed by atoms with van der Waals surface area (Å²) in [6, 6.07) is 32.1. The zero-order chi connectivity index (χ0) is 39.1. The van der Waals surface area contributed by atoms with Gasteiger partial charge in [-0.25, -0.2) is 0 Å². The minimum absolute atomic E-state index is 0.145. The molecule has 2 heteroatoms. The van der Waals surface area contributed by atoms with Crippen LogP contribution in [-0.2, 0) is 28.0 Å². The summed E-state index contributed by atoms with van der Waals surface area (Å²) >= 11 is -4.03. The van der Waals surface area contributed by atoms with Gasteiger partial charge >= 0.3 is 334 Å². The molecular weight excluding hydrogens is 831 g/mol. The van der Waals surface area contributed by atoms with Crippen LogP contribution in [0, 0.1) is 13.8 Å². The molecule has 0 saturated heterocycles. The number of hydrogen-bond donors (Lipinski definition) is 0. The van der Waals surface area contributed by atoms with Crippen molar-refractivity contribution in [3.63, 3.8) is 0 Å². The van der Waals surface area contributed by atoms with Crippen LogP contribution in [0.4, 0.5) is 0 Å². The first-order chi connectivity index (χ1) is 25.5. The van der Waals surface area contributed by atoms with E-state index in [0.717, 1.165) is 0 Å². The van der Waals surface area contributed by atoms with Crippen molar-refractivity contribution in [2.24, 2.45) is 0 Å². The zero-order valence-electron chi connectivity index (χ0n) is 36.0. The molecule has 0 aliphatic heterocycles. The summed E-state index contributed by atoms with van der Waals surface area (Å²) in [4.78, 5) is 0. The molecule has 0 nitrogen and oxygen atoms in total. The monoisotopic (exact) mass is 902 g/mol. The molecule has 2 aliphatic carbocycles. The van der Waals surface area contributed by atoms with Gasteiger partial charge in [-0.05, 0) is 0 Å². The maximum atomic E-state index is 2.98. The van der Waals surface area contributed by atoms with E-state index in [0.29, 0.717) is 7.35 Å². The van der Waals surface area contributed by atoms with Crippen molar-refractivity contribution in [1.29, 1.82) is 0 Å². The molecule has 2 unspecified atom stereocenters. The van der Waals surface area contributed by atoms with E-state index in [1.54, 1.807) is 11.1 Å². The Bertz CT molecular complexity index is 2000. The topological polar surface area (TPSA) is 0 Å². The third-order valence-corrected chi connectivity index (χ3v) is 69.9. The van der Waals surface area contributed by atoms with Gasteiger partial charge in [-0.3, -0.25) is 0 Å². The van der Waals surface area contributed by atoms with Crippen LogP contribution in [0.3, 0.4) is 0 Å². The van der Waals surface area contributed by atoms with Gasteiger partial charge in [-0.15, -0.1) is 0 Å². The second-order valence-corrected chi connectivity index (χ2v) is 65.9. The molecule has 286 valence electrons. The van der Waals surface area contributed by atoms with Crippen molar-refractivity contribution in [2.45, 2.75) is 147 Å². The summed E-state index contributed by atoms with van der Waals surface area (Å²) in [5.74, 6) is 0. The van der Waals surface area contributed by atoms with Crippen molar-refractivity contribution < 1.29 is 17.1 Å². The van der Waals surface area contributed by atoms with Crippen LogP contribution in [0.5, 0.6) is 0 Å². The molecule has 0 saturated carbocycles. The number of rotatable bonds is 12. The number of allylic oxidation sites excluding steroid dienone is 2. The van der Waals surface area contributed by atoms with Gasteiger partial charge in [-0.1, -0.05) is 0 Å². The molecule has 4 aromatic rings. The quantitative estimate of drug-likeness (QED) is 0.0982. The second-order valence-electron chi connectivity index (χ2n) is 20.0. The molecule has 2 atom stereocenters. The average Bonchev–Trinajstić information content (AvgIpc) is 3.77. The van der Waals surface area contributed by atoms with Crippen LogP contribution < -0.4 is 0 Å². The summed E-state index contributed by atoms with van der Waals surface area (Å²) < 4.78 is 7.06. The molecule has 0 heterocycles. The summed E-state index contributed by atoms with van der Waals surface area (Å²) in [5, 5.41) is 0. The molecule has 54 heavy (non-hydrogen) atoms. The van der Waals surface area contributed by atoms with Crippen LogP contribution in [0.1, 0.15) is 146 Å². The van der Waals surface area contributed by atoms with E-state index >= 15 is 0 Å². The third-order valence-electron chi connectivity index (χ3n) is 13.8. The SMILES string of the molecule is CCCCC[Si](CCCCC)=[Hf]([CH3])([CH3])([CH]1C=Cc2c(-c3ccc(C(C)(C)C)cc3C)cccc21)[CH]1C=Cc2c(-c3ccc(C(C)(C)C)cc3C)cccc21. The second kappa shape index (κ2) is 15.8. The summed E-state index contributed by atoms with van der Waals surface area (Å²) in [5.41, 5.74) is 17.1. The fraction of sp³-hybridized carbons (Fsp3) is 0.462. The van der Waals surface area contributed by atoms with Gasteiger partial charge in [0.05, 0.1) is 0 Å². The van der Waals surface area contributed by atoms with E-state index < -0.39 is 22.6 Å². The standard InChI is InChI=1S/2C20H21.C10H22Si.2CH3.Hf/c2*1-14-13-16(20(2,3)4)11-12-17(14)19-10-6-8-15-7-5-9-18(15)19;1-3-5-7-9-11-10-8-6-4-2;;;/h2*5-13H,1-4H3;3-10H2,1-2H3;2*1H3;. The molecule has 0 radical (unpaired) electrons. The van der Waals surface area contributed by atoms with Gasteiger partial charge in [0.25, 0.3) is 0 Å². The van der Waals surface area contributed by atoms with Gasteiger partial charge in [0.2, 0.25) is 0 Å². The van der Waals surface area contributed by atoms with Gasteiger partial charge in [0, 0.05) is 0 Å². The van der Waals surface area contributed by atoms with Gasteiger partial charge in [0.15, 0.2) is 0 Å². The van der Waals surface area contributed by atoms with Crippen LogP contribution in [-0.4, -0.2) is 5.49 Å². The van der Waals surface area contributed by atoms with Gasteiger partial charge in [0.1, 0.15) is 0 Å². The van der Waals surface area contributed by atoms with Gasteiger partial charge in [-0.2, -0.15) is 0 Å². The Morgan fingerprint density at radius 1 is 0.537 bits per heavy atom. The zero-order valence-corrected chi connectivity index (χ0v) is 40.6. The molecule has 0 bridgehead atoms. The van der Waals surface area contributed by atoms with Crippen molar-refractivity contribution >= 4 is 17.6 Å². The average molecular weight is 902 g/mol. The Balaban J connectivity index is 1.55. The Hall–Kier alpha value is -2.55. The van der Waals surface area contributed by atoms with Crippen molar-refractivity contribution in [3.05, 3.63) is 129 Å². The molecule has 0 fully saturated rings. The number of fused-ring (bicyclic) bond motifs is 2. The van der Waals surface area contributed by atoms with Crippen LogP contribution in [0.15, 0.2) is 84.9 Å². The molecular formula is C52H70HfSi. The minimum atomic E-state index is -4.03. The molecule has 2 aliphatic rings. The van der Waals surface area contributed by atoms with E-state index in [-0.39, 0.29) is 10.8 Å².